The van der Waals surface area contributed by atoms with Gasteiger partial charge in [-0.3, -0.25) is 0 Å². The highest BCUT2D eigenvalue weighted by atomic mass is 28.4. The third-order valence-corrected chi connectivity index (χ3v) is 10.1. The Morgan fingerprint density at radius 1 is 1.29 bits per heavy atom. The minimum absolute atomic E-state index is 0.127. The Morgan fingerprint density at radius 2 is 1.86 bits per heavy atom. The average Bonchev–Trinajstić information content (AvgIpc) is 2.31. The van der Waals surface area contributed by atoms with E-state index < -0.39 is 8.32 Å². The molecule has 1 N–H and O–H groups in total. The van der Waals surface area contributed by atoms with Crippen LogP contribution in [-0.4, -0.2) is 26.1 Å². The summed E-state index contributed by atoms with van der Waals surface area (Å²) in [5.74, 6) is 1.73. The van der Waals surface area contributed by atoms with Crippen LogP contribution < -0.4 is 0 Å². The van der Waals surface area contributed by atoms with Crippen molar-refractivity contribution in [3.63, 3.8) is 0 Å². The van der Waals surface area contributed by atoms with Crippen molar-refractivity contribution in [3.8, 4) is 0 Å². The first-order valence-electron chi connectivity index (χ1n) is 8.50. The Kier molecular flexibility index (Phi) is 6.28. The number of hydrogen-bond donors (Lipinski definition) is 1. The molecule has 0 radical (unpaired) electrons. The molecule has 0 saturated heterocycles. The number of aliphatic hydroxyl groups is 1. The van der Waals surface area contributed by atoms with Crippen LogP contribution in [0.1, 0.15) is 54.4 Å². The van der Waals surface area contributed by atoms with Gasteiger partial charge in [0.05, 0.1) is 12.7 Å². The molecule has 0 heterocycles. The zero-order chi connectivity index (χ0) is 16.4. The molecule has 2 nitrogen and oxygen atoms in total. The van der Waals surface area contributed by atoms with Crippen molar-refractivity contribution in [1.29, 1.82) is 0 Å². The van der Waals surface area contributed by atoms with Crippen LogP contribution in [0.2, 0.25) is 18.1 Å². The van der Waals surface area contributed by atoms with Gasteiger partial charge >= 0.3 is 0 Å². The van der Waals surface area contributed by atoms with E-state index in [4.69, 9.17) is 4.43 Å². The number of hydrogen-bond acceptors (Lipinski definition) is 2. The summed E-state index contributed by atoms with van der Waals surface area (Å²) in [5.41, 5.74) is 1.34. The monoisotopic (exact) mass is 312 g/mol. The highest BCUT2D eigenvalue weighted by Crippen LogP contribution is 2.44. The molecule has 0 amide bonds. The van der Waals surface area contributed by atoms with Gasteiger partial charge < -0.3 is 9.53 Å². The lowest BCUT2D eigenvalue weighted by Crippen LogP contribution is -2.49. The molecule has 0 aromatic carbocycles. The molecule has 3 heteroatoms. The summed E-state index contributed by atoms with van der Waals surface area (Å²) in [6.45, 7) is 18.6. The van der Waals surface area contributed by atoms with Crippen molar-refractivity contribution in [1.82, 2.24) is 0 Å². The summed E-state index contributed by atoms with van der Waals surface area (Å²) in [5, 5.41) is 9.64. The highest BCUT2D eigenvalue weighted by Gasteiger charge is 2.44. The zero-order valence-electron chi connectivity index (χ0n) is 15.4. The topological polar surface area (TPSA) is 29.5 Å². The predicted octanol–water partition coefficient (Wildman–Crippen LogP) is 5.00. The highest BCUT2D eigenvalue weighted by molar-refractivity contribution is 6.74. The van der Waals surface area contributed by atoms with Crippen LogP contribution >= 0.6 is 0 Å². The fraction of sp³-hybridized carbons (Fsp3) is 0.889. The van der Waals surface area contributed by atoms with Gasteiger partial charge in [0, 0.05) is 0 Å². The molecule has 0 bridgehead atoms. The zero-order valence-corrected chi connectivity index (χ0v) is 16.4. The Labute approximate surface area is 133 Å². The van der Waals surface area contributed by atoms with E-state index >= 15 is 0 Å². The van der Waals surface area contributed by atoms with Gasteiger partial charge in [0.25, 0.3) is 0 Å². The van der Waals surface area contributed by atoms with Crippen molar-refractivity contribution in [2.24, 2.45) is 17.8 Å². The lowest BCUT2D eigenvalue weighted by Gasteiger charge is -2.46. The van der Waals surface area contributed by atoms with Crippen molar-refractivity contribution < 1.29 is 9.53 Å². The smallest absolute Gasteiger partial charge is 0.192 e. The molecule has 0 unspecified atom stereocenters. The number of rotatable bonds is 4. The summed E-state index contributed by atoms with van der Waals surface area (Å²) < 4.78 is 6.81. The van der Waals surface area contributed by atoms with Crippen molar-refractivity contribution in [2.45, 2.75) is 78.6 Å². The summed E-state index contributed by atoms with van der Waals surface area (Å²) in [6, 6.07) is 0. The molecule has 1 rings (SSSR count). The Morgan fingerprint density at radius 3 is 2.29 bits per heavy atom. The number of aliphatic hydroxyl groups excluding tert-OH is 1. The van der Waals surface area contributed by atoms with Gasteiger partial charge in [-0.25, -0.2) is 0 Å². The van der Waals surface area contributed by atoms with Gasteiger partial charge in [0.2, 0.25) is 0 Å². The predicted molar refractivity (Wildman–Crippen MR) is 94.0 cm³/mol. The van der Waals surface area contributed by atoms with Gasteiger partial charge in [-0.1, -0.05) is 47.6 Å². The van der Waals surface area contributed by atoms with Crippen molar-refractivity contribution in [3.05, 3.63) is 11.6 Å². The first-order chi connectivity index (χ1) is 9.51. The molecule has 0 aliphatic heterocycles. The normalized spacial score (nSPS) is 30.2. The van der Waals surface area contributed by atoms with Crippen LogP contribution in [0, 0.1) is 17.8 Å². The molecule has 1 aliphatic carbocycles. The maximum atomic E-state index is 9.42. The summed E-state index contributed by atoms with van der Waals surface area (Å²) in [7, 11) is -1.80. The van der Waals surface area contributed by atoms with E-state index in [2.05, 4.69) is 54.6 Å². The molecule has 1 fully saturated rings. The summed E-state index contributed by atoms with van der Waals surface area (Å²) in [4.78, 5) is 0. The van der Waals surface area contributed by atoms with E-state index in [1.165, 1.54) is 18.4 Å². The standard InChI is InChI=1S/C18H36O2Si/c1-13(2)15-10-9-14(3)16(11-12-19)17(15)20-21(7,8)18(4,5)6/h11,13-15,17,19H,9-10,12H2,1-8H3/b16-11+/t14-,15+,17+/m1/s1. The van der Waals surface area contributed by atoms with Crippen molar-refractivity contribution >= 4 is 8.32 Å². The van der Waals surface area contributed by atoms with Crippen LogP contribution in [0.4, 0.5) is 0 Å². The van der Waals surface area contributed by atoms with Crippen LogP contribution in [0.15, 0.2) is 11.6 Å². The SMILES string of the molecule is CC(C)[C@@H]1CC[C@@H](C)/C(=C\CO)[C@H]1O[Si](C)(C)C(C)(C)C. The molecule has 3 atom stereocenters. The summed E-state index contributed by atoms with van der Waals surface area (Å²) >= 11 is 0. The quantitative estimate of drug-likeness (QED) is 0.585. The van der Waals surface area contributed by atoms with Crippen molar-refractivity contribution in [2.75, 3.05) is 6.61 Å². The second-order valence-corrected chi connectivity index (χ2v) is 13.3. The molecule has 0 aromatic rings. The first-order valence-corrected chi connectivity index (χ1v) is 11.4. The van der Waals surface area contributed by atoms with E-state index in [1.807, 2.05) is 6.08 Å². The summed E-state index contributed by atoms with van der Waals surface area (Å²) in [6.07, 6.45) is 4.66. The Bertz CT molecular complexity index is 366. The molecular formula is C18H36O2Si. The first kappa shape index (κ1) is 18.9. The molecule has 0 spiro atoms. The van der Waals surface area contributed by atoms with E-state index in [0.717, 1.165) is 0 Å². The van der Waals surface area contributed by atoms with Gasteiger partial charge in [-0.2, -0.15) is 0 Å². The van der Waals surface area contributed by atoms with Crippen LogP contribution in [0.3, 0.4) is 0 Å². The lowest BCUT2D eigenvalue weighted by atomic mass is 9.72. The minimum atomic E-state index is -1.80. The van der Waals surface area contributed by atoms with Gasteiger partial charge in [-0.15, -0.1) is 0 Å². The van der Waals surface area contributed by atoms with Gasteiger partial charge in [0.1, 0.15) is 0 Å². The molecule has 1 aliphatic rings. The Balaban J connectivity index is 3.11. The fourth-order valence-corrected chi connectivity index (χ4v) is 4.34. The van der Waals surface area contributed by atoms with E-state index in [1.54, 1.807) is 0 Å². The van der Waals surface area contributed by atoms with Crippen LogP contribution in [-0.2, 0) is 4.43 Å². The van der Waals surface area contributed by atoms with Gasteiger partial charge in [-0.05, 0) is 54.3 Å². The minimum Gasteiger partial charge on any atom is -0.410 e. The van der Waals surface area contributed by atoms with Gasteiger partial charge in [0.15, 0.2) is 8.32 Å². The molecule has 0 aromatic heterocycles. The second-order valence-electron chi connectivity index (χ2n) is 8.57. The van der Waals surface area contributed by atoms with Crippen LogP contribution in [0.25, 0.3) is 0 Å². The molecule has 21 heavy (non-hydrogen) atoms. The average molecular weight is 313 g/mol. The van der Waals surface area contributed by atoms with E-state index in [0.29, 0.717) is 17.8 Å². The lowest BCUT2D eigenvalue weighted by molar-refractivity contribution is 0.0804. The molecule has 124 valence electrons. The third-order valence-electron chi connectivity index (χ3n) is 5.63. The third kappa shape index (κ3) is 4.43. The van der Waals surface area contributed by atoms with E-state index in [9.17, 15) is 5.11 Å². The molecular weight excluding hydrogens is 276 g/mol. The van der Waals surface area contributed by atoms with E-state index in [-0.39, 0.29) is 17.7 Å². The maximum Gasteiger partial charge on any atom is 0.192 e. The second kappa shape index (κ2) is 6.97. The fourth-order valence-electron chi connectivity index (χ4n) is 3.04. The molecule has 1 saturated carbocycles. The Hall–Kier alpha value is -0.123. The maximum absolute atomic E-state index is 9.42. The van der Waals surface area contributed by atoms with Crippen LogP contribution in [0.5, 0.6) is 0 Å². The largest absolute Gasteiger partial charge is 0.410 e.